The normalized spacial score (nSPS) is 23.6. The quantitative estimate of drug-likeness (QED) is 0.637. The molecule has 0 saturated heterocycles. The second-order valence-electron chi connectivity index (χ2n) is 6.79. The first-order chi connectivity index (χ1) is 11.0. The van der Waals surface area contributed by atoms with Crippen LogP contribution in [-0.4, -0.2) is 11.5 Å². The largest absolute Gasteiger partial charge is 0.493 e. The molecule has 2 aliphatic heterocycles. The number of benzene rings is 2. The van der Waals surface area contributed by atoms with Gasteiger partial charge in [0, 0.05) is 28.7 Å². The summed E-state index contributed by atoms with van der Waals surface area (Å²) in [5, 5.41) is 14.6. The molecule has 0 fully saturated rings. The number of fused-ring (bicyclic) bond motifs is 4. The van der Waals surface area contributed by atoms with Crippen LogP contribution in [0.2, 0.25) is 0 Å². The van der Waals surface area contributed by atoms with E-state index in [2.05, 4.69) is 37.4 Å². The number of nitro benzene ring substituents is 1. The Bertz CT molecular complexity index is 801. The van der Waals surface area contributed by atoms with Crippen molar-refractivity contribution in [3.8, 4) is 5.75 Å². The van der Waals surface area contributed by atoms with Gasteiger partial charge in [-0.15, -0.1) is 0 Å². The summed E-state index contributed by atoms with van der Waals surface area (Å²) in [5.41, 5.74) is 3.44. The summed E-state index contributed by atoms with van der Waals surface area (Å²) in [7, 11) is 0. The van der Waals surface area contributed by atoms with E-state index >= 15 is 0 Å². The molecule has 0 amide bonds. The van der Waals surface area contributed by atoms with Crippen molar-refractivity contribution >= 4 is 11.4 Å². The second-order valence-corrected chi connectivity index (χ2v) is 6.79. The van der Waals surface area contributed by atoms with Gasteiger partial charge in [-0.05, 0) is 17.7 Å². The van der Waals surface area contributed by atoms with Gasteiger partial charge in [-0.2, -0.15) is 0 Å². The zero-order chi connectivity index (χ0) is 16.2. The van der Waals surface area contributed by atoms with Crippen molar-refractivity contribution in [3.05, 3.63) is 63.7 Å². The summed E-state index contributed by atoms with van der Waals surface area (Å²) in [6, 6.07) is 13.3. The number of para-hydroxylation sites is 1. The van der Waals surface area contributed by atoms with Crippen LogP contribution in [0.5, 0.6) is 5.75 Å². The first-order valence-electron chi connectivity index (χ1n) is 7.75. The molecule has 0 unspecified atom stereocenters. The van der Waals surface area contributed by atoms with Gasteiger partial charge in [0.25, 0.3) is 5.69 Å². The zero-order valence-corrected chi connectivity index (χ0v) is 13.1. The molecular formula is C18H18N2O3. The number of rotatable bonds is 1. The van der Waals surface area contributed by atoms with E-state index in [1.807, 2.05) is 12.1 Å². The number of anilines is 1. The minimum atomic E-state index is -0.386. The van der Waals surface area contributed by atoms with Crippen LogP contribution < -0.4 is 10.1 Å². The molecule has 2 aromatic carbocycles. The number of hydrogen-bond acceptors (Lipinski definition) is 4. The molecule has 0 bridgehead atoms. The van der Waals surface area contributed by atoms with E-state index in [9.17, 15) is 10.1 Å². The fourth-order valence-electron chi connectivity index (χ4n) is 3.85. The highest BCUT2D eigenvalue weighted by Gasteiger charge is 2.46. The van der Waals surface area contributed by atoms with Gasteiger partial charge in [0.15, 0.2) is 0 Å². The van der Waals surface area contributed by atoms with E-state index in [4.69, 9.17) is 4.74 Å². The van der Waals surface area contributed by atoms with Gasteiger partial charge < -0.3 is 10.1 Å². The Kier molecular flexibility index (Phi) is 2.88. The highest BCUT2D eigenvalue weighted by Crippen LogP contribution is 2.52. The number of hydrogen-bond donors (Lipinski definition) is 1. The molecule has 0 radical (unpaired) electrons. The van der Waals surface area contributed by atoms with Gasteiger partial charge in [-0.3, -0.25) is 10.1 Å². The molecule has 0 saturated carbocycles. The monoisotopic (exact) mass is 310 g/mol. The maximum atomic E-state index is 11.0. The molecule has 2 aromatic rings. The summed E-state index contributed by atoms with van der Waals surface area (Å²) in [4.78, 5) is 10.6. The van der Waals surface area contributed by atoms with Crippen LogP contribution in [0, 0.1) is 16.0 Å². The molecule has 5 heteroatoms. The van der Waals surface area contributed by atoms with Gasteiger partial charge in [-0.1, -0.05) is 32.0 Å². The SMILES string of the molecule is CC1(C)c2ccccc2N[C@H]2c3ccc([N+](=O)[O-])cc3OC[C@H]21. The van der Waals surface area contributed by atoms with Gasteiger partial charge in [0.2, 0.25) is 0 Å². The third kappa shape index (κ3) is 2.00. The van der Waals surface area contributed by atoms with Crippen LogP contribution in [0.3, 0.4) is 0 Å². The fraction of sp³-hybridized carbons (Fsp3) is 0.333. The minimum absolute atomic E-state index is 0.0357. The summed E-state index contributed by atoms with van der Waals surface area (Å²) in [6.45, 7) is 5.03. The fourth-order valence-corrected chi connectivity index (χ4v) is 3.85. The van der Waals surface area contributed by atoms with Gasteiger partial charge >= 0.3 is 0 Å². The molecule has 1 N–H and O–H groups in total. The standard InChI is InChI=1S/C18H18N2O3/c1-18(2)13-5-3-4-6-15(13)19-17-12-8-7-11(20(21)22)9-16(12)23-10-14(17)18/h3-9,14,17,19H,10H2,1-2H3/t14-,17+/m1/s1. The Morgan fingerprint density at radius 1 is 1.26 bits per heavy atom. The molecule has 5 nitrogen and oxygen atoms in total. The van der Waals surface area contributed by atoms with E-state index in [1.165, 1.54) is 11.6 Å². The van der Waals surface area contributed by atoms with Gasteiger partial charge in [-0.25, -0.2) is 0 Å². The van der Waals surface area contributed by atoms with Crippen LogP contribution in [-0.2, 0) is 5.41 Å². The highest BCUT2D eigenvalue weighted by atomic mass is 16.6. The van der Waals surface area contributed by atoms with Crippen molar-refractivity contribution in [1.29, 1.82) is 0 Å². The van der Waals surface area contributed by atoms with Crippen molar-refractivity contribution < 1.29 is 9.66 Å². The van der Waals surface area contributed by atoms with E-state index in [-0.39, 0.29) is 28.0 Å². The Morgan fingerprint density at radius 3 is 2.83 bits per heavy atom. The van der Waals surface area contributed by atoms with E-state index < -0.39 is 0 Å². The second kappa shape index (κ2) is 4.72. The smallest absolute Gasteiger partial charge is 0.273 e. The third-order valence-electron chi connectivity index (χ3n) is 5.22. The molecule has 2 heterocycles. The zero-order valence-electron chi connectivity index (χ0n) is 13.1. The lowest BCUT2D eigenvalue weighted by molar-refractivity contribution is -0.385. The lowest BCUT2D eigenvalue weighted by atomic mass is 9.65. The lowest BCUT2D eigenvalue weighted by Crippen LogP contribution is -2.46. The summed E-state index contributed by atoms with van der Waals surface area (Å²) >= 11 is 0. The number of ether oxygens (including phenoxy) is 1. The maximum absolute atomic E-state index is 11.0. The topological polar surface area (TPSA) is 64.4 Å². The van der Waals surface area contributed by atoms with Crippen molar-refractivity contribution in [2.75, 3.05) is 11.9 Å². The van der Waals surface area contributed by atoms with Crippen molar-refractivity contribution in [3.63, 3.8) is 0 Å². The van der Waals surface area contributed by atoms with Gasteiger partial charge in [0.05, 0.1) is 23.6 Å². The minimum Gasteiger partial charge on any atom is -0.493 e. The molecule has 0 aromatic heterocycles. The van der Waals surface area contributed by atoms with E-state index in [0.717, 1.165) is 11.3 Å². The predicted molar refractivity (Wildman–Crippen MR) is 87.9 cm³/mol. The molecule has 0 spiro atoms. The van der Waals surface area contributed by atoms with Gasteiger partial charge in [0.1, 0.15) is 5.75 Å². The highest BCUT2D eigenvalue weighted by molar-refractivity contribution is 5.61. The lowest BCUT2D eigenvalue weighted by Gasteiger charge is -2.48. The van der Waals surface area contributed by atoms with Crippen molar-refractivity contribution in [1.82, 2.24) is 0 Å². The van der Waals surface area contributed by atoms with E-state index in [1.54, 1.807) is 6.07 Å². The third-order valence-corrected chi connectivity index (χ3v) is 5.22. The average Bonchev–Trinajstić information content (AvgIpc) is 2.54. The molecular weight excluding hydrogens is 292 g/mol. The Morgan fingerprint density at radius 2 is 2.04 bits per heavy atom. The van der Waals surface area contributed by atoms with Crippen LogP contribution in [0.25, 0.3) is 0 Å². The Labute approximate surface area is 134 Å². The summed E-state index contributed by atoms with van der Waals surface area (Å²) in [5.74, 6) is 0.884. The van der Waals surface area contributed by atoms with Crippen LogP contribution >= 0.6 is 0 Å². The molecule has 23 heavy (non-hydrogen) atoms. The first kappa shape index (κ1) is 14.1. The molecule has 0 aliphatic carbocycles. The Hall–Kier alpha value is -2.56. The van der Waals surface area contributed by atoms with Crippen molar-refractivity contribution in [2.45, 2.75) is 25.3 Å². The average molecular weight is 310 g/mol. The molecule has 118 valence electrons. The maximum Gasteiger partial charge on any atom is 0.273 e. The number of nitrogens with zero attached hydrogens (tertiary/aromatic N) is 1. The van der Waals surface area contributed by atoms with E-state index in [0.29, 0.717) is 12.4 Å². The van der Waals surface area contributed by atoms with Crippen LogP contribution in [0.4, 0.5) is 11.4 Å². The van der Waals surface area contributed by atoms with Crippen molar-refractivity contribution in [2.24, 2.45) is 5.92 Å². The molecule has 2 aliphatic rings. The first-order valence-corrected chi connectivity index (χ1v) is 7.75. The number of non-ortho nitro benzene ring substituents is 1. The van der Waals surface area contributed by atoms with Crippen LogP contribution in [0.1, 0.15) is 31.0 Å². The molecule has 2 atom stereocenters. The Balaban J connectivity index is 1.82. The summed E-state index contributed by atoms with van der Waals surface area (Å²) < 4.78 is 5.89. The number of nitro groups is 1. The number of nitrogens with one attached hydrogen (secondary N) is 1. The predicted octanol–water partition coefficient (Wildman–Crippen LogP) is 4.05. The van der Waals surface area contributed by atoms with Crippen LogP contribution in [0.15, 0.2) is 42.5 Å². The summed E-state index contributed by atoms with van der Waals surface area (Å²) in [6.07, 6.45) is 0. The molecule has 4 rings (SSSR count).